The number of Topliss-reactive ketones (excluding diaryl/α,β-unsaturated/α-hetero) is 2. The van der Waals surface area contributed by atoms with E-state index in [9.17, 15) is 14.4 Å². The number of ether oxygens (including phenoxy) is 1. The maximum absolute atomic E-state index is 11.0. The molecule has 0 aromatic carbocycles. The van der Waals surface area contributed by atoms with Gasteiger partial charge in [0.2, 0.25) is 6.41 Å². The van der Waals surface area contributed by atoms with Gasteiger partial charge in [0.25, 0.3) is 0 Å². The monoisotopic (exact) mass is 244 g/mol. The van der Waals surface area contributed by atoms with E-state index in [1.165, 1.54) is 13.8 Å². The van der Waals surface area contributed by atoms with Gasteiger partial charge in [-0.25, -0.2) is 0 Å². The number of hydrogen-bond donors (Lipinski definition) is 1. The summed E-state index contributed by atoms with van der Waals surface area (Å²) in [5.41, 5.74) is 0. The summed E-state index contributed by atoms with van der Waals surface area (Å²) in [4.78, 5) is 33.6. The zero-order valence-corrected chi connectivity index (χ0v) is 10.4. The minimum absolute atomic E-state index is 0.0225. The fourth-order valence-electron chi connectivity index (χ4n) is 1.28. The van der Waals surface area contributed by atoms with Crippen LogP contribution in [0.1, 0.15) is 13.8 Å². The van der Waals surface area contributed by atoms with Crippen molar-refractivity contribution in [2.45, 2.75) is 13.8 Å². The summed E-state index contributed by atoms with van der Waals surface area (Å²) in [7, 11) is 0. The van der Waals surface area contributed by atoms with Gasteiger partial charge in [-0.3, -0.25) is 19.3 Å². The smallest absolute Gasteiger partial charge is 0.207 e. The second-order valence-corrected chi connectivity index (χ2v) is 3.80. The van der Waals surface area contributed by atoms with Crippen molar-refractivity contribution < 1.29 is 19.1 Å². The van der Waals surface area contributed by atoms with Crippen LogP contribution in [-0.2, 0) is 19.1 Å². The summed E-state index contributed by atoms with van der Waals surface area (Å²) in [5.74, 6) is 0.0356. The topological polar surface area (TPSA) is 75.7 Å². The summed E-state index contributed by atoms with van der Waals surface area (Å²) in [5, 5.41) is 2.53. The molecule has 0 fully saturated rings. The fourth-order valence-corrected chi connectivity index (χ4v) is 1.28. The molecule has 0 aromatic heterocycles. The lowest BCUT2D eigenvalue weighted by Crippen LogP contribution is -2.37. The summed E-state index contributed by atoms with van der Waals surface area (Å²) >= 11 is 0. The third kappa shape index (κ3) is 11.0. The van der Waals surface area contributed by atoms with Gasteiger partial charge >= 0.3 is 0 Å². The van der Waals surface area contributed by atoms with Crippen molar-refractivity contribution in [1.29, 1.82) is 0 Å². The first-order valence-electron chi connectivity index (χ1n) is 5.52. The Morgan fingerprint density at radius 1 is 1.24 bits per heavy atom. The van der Waals surface area contributed by atoms with E-state index >= 15 is 0 Å². The summed E-state index contributed by atoms with van der Waals surface area (Å²) in [6, 6.07) is 0. The van der Waals surface area contributed by atoms with Crippen LogP contribution >= 0.6 is 0 Å². The van der Waals surface area contributed by atoms with E-state index in [0.29, 0.717) is 39.2 Å². The standard InChI is InChI=1S/C11H20N2O4/c1-10(15)7-13(4-3-12-9-14)5-6-17-8-11(2)16/h9H,3-8H2,1-2H3,(H,12,14). The van der Waals surface area contributed by atoms with E-state index in [0.717, 1.165) is 0 Å². The molecule has 6 nitrogen and oxygen atoms in total. The molecule has 0 aromatic rings. The van der Waals surface area contributed by atoms with E-state index in [1.54, 1.807) is 0 Å². The van der Waals surface area contributed by atoms with E-state index in [1.807, 2.05) is 4.90 Å². The molecule has 0 unspecified atom stereocenters. The van der Waals surface area contributed by atoms with E-state index in [2.05, 4.69) is 5.32 Å². The molecule has 0 heterocycles. The van der Waals surface area contributed by atoms with Crippen molar-refractivity contribution in [2.24, 2.45) is 0 Å². The van der Waals surface area contributed by atoms with Gasteiger partial charge in [-0.05, 0) is 13.8 Å². The predicted molar refractivity (Wildman–Crippen MR) is 62.7 cm³/mol. The fraction of sp³-hybridized carbons (Fsp3) is 0.727. The Kier molecular flexibility index (Phi) is 9.18. The quantitative estimate of drug-likeness (QED) is 0.381. The molecule has 0 aliphatic carbocycles. The maximum Gasteiger partial charge on any atom is 0.207 e. The number of nitrogens with zero attached hydrogens (tertiary/aromatic N) is 1. The van der Waals surface area contributed by atoms with Gasteiger partial charge in [0, 0.05) is 19.6 Å². The Morgan fingerprint density at radius 3 is 2.47 bits per heavy atom. The molecule has 98 valence electrons. The highest BCUT2D eigenvalue weighted by Gasteiger charge is 2.07. The third-order valence-electron chi connectivity index (χ3n) is 1.96. The third-order valence-corrected chi connectivity index (χ3v) is 1.96. The van der Waals surface area contributed by atoms with Crippen LogP contribution in [0.25, 0.3) is 0 Å². The van der Waals surface area contributed by atoms with Gasteiger partial charge in [-0.1, -0.05) is 0 Å². The Labute approximate surface area is 101 Å². The number of nitrogens with one attached hydrogen (secondary N) is 1. The number of ketones is 2. The van der Waals surface area contributed by atoms with Crippen LogP contribution in [0.3, 0.4) is 0 Å². The molecule has 1 amide bonds. The highest BCUT2D eigenvalue weighted by atomic mass is 16.5. The van der Waals surface area contributed by atoms with Crippen LogP contribution in [0, 0.1) is 0 Å². The molecule has 0 spiro atoms. The lowest BCUT2D eigenvalue weighted by atomic mass is 10.3. The number of amides is 1. The largest absolute Gasteiger partial charge is 0.372 e. The highest BCUT2D eigenvalue weighted by Crippen LogP contribution is 1.89. The number of rotatable bonds is 11. The van der Waals surface area contributed by atoms with Crippen molar-refractivity contribution in [1.82, 2.24) is 10.2 Å². The summed E-state index contributed by atoms with van der Waals surface area (Å²) in [6.07, 6.45) is 0.623. The van der Waals surface area contributed by atoms with E-state index < -0.39 is 0 Å². The molecule has 0 atom stereocenters. The normalized spacial score (nSPS) is 10.3. The SMILES string of the molecule is CC(=O)COCCN(CCNC=O)CC(C)=O. The second kappa shape index (κ2) is 9.92. The summed E-state index contributed by atoms with van der Waals surface area (Å²) in [6.45, 7) is 5.43. The Bertz CT molecular complexity index is 256. The van der Waals surface area contributed by atoms with Gasteiger partial charge in [0.15, 0.2) is 5.78 Å². The Hall–Kier alpha value is -1.27. The Balaban J connectivity index is 3.79. The molecule has 0 aliphatic rings. The van der Waals surface area contributed by atoms with Crippen molar-refractivity contribution in [3.63, 3.8) is 0 Å². The van der Waals surface area contributed by atoms with Gasteiger partial charge in [0.1, 0.15) is 12.4 Å². The van der Waals surface area contributed by atoms with Crippen molar-refractivity contribution in [3.05, 3.63) is 0 Å². The average Bonchev–Trinajstić information content (AvgIpc) is 2.23. The minimum Gasteiger partial charge on any atom is -0.372 e. The van der Waals surface area contributed by atoms with E-state index in [4.69, 9.17) is 4.74 Å². The first-order valence-corrected chi connectivity index (χ1v) is 5.52. The van der Waals surface area contributed by atoms with Crippen LogP contribution in [-0.4, -0.2) is 62.3 Å². The Morgan fingerprint density at radius 2 is 1.94 bits per heavy atom. The molecule has 0 rings (SSSR count). The molecule has 6 heteroatoms. The van der Waals surface area contributed by atoms with Crippen LogP contribution in [0.15, 0.2) is 0 Å². The van der Waals surface area contributed by atoms with E-state index in [-0.39, 0.29) is 18.2 Å². The van der Waals surface area contributed by atoms with Crippen LogP contribution < -0.4 is 5.32 Å². The van der Waals surface area contributed by atoms with Crippen molar-refractivity contribution >= 4 is 18.0 Å². The molecule has 0 aliphatic heterocycles. The van der Waals surface area contributed by atoms with Crippen molar-refractivity contribution in [3.8, 4) is 0 Å². The van der Waals surface area contributed by atoms with Gasteiger partial charge in [0.05, 0.1) is 13.2 Å². The molecule has 1 N–H and O–H groups in total. The number of carbonyl (C=O) groups excluding carboxylic acids is 3. The molecular weight excluding hydrogens is 224 g/mol. The lowest BCUT2D eigenvalue weighted by Gasteiger charge is -2.20. The highest BCUT2D eigenvalue weighted by molar-refractivity contribution is 5.77. The van der Waals surface area contributed by atoms with Gasteiger partial charge in [-0.15, -0.1) is 0 Å². The maximum atomic E-state index is 11.0. The van der Waals surface area contributed by atoms with Gasteiger partial charge < -0.3 is 10.1 Å². The molecule has 0 saturated heterocycles. The van der Waals surface area contributed by atoms with Gasteiger partial charge in [-0.2, -0.15) is 0 Å². The molecule has 17 heavy (non-hydrogen) atoms. The lowest BCUT2D eigenvalue weighted by molar-refractivity contribution is -0.122. The number of hydrogen-bond acceptors (Lipinski definition) is 5. The predicted octanol–water partition coefficient (Wildman–Crippen LogP) is -0.771. The second-order valence-electron chi connectivity index (χ2n) is 3.80. The summed E-state index contributed by atoms with van der Waals surface area (Å²) < 4.78 is 5.12. The zero-order chi connectivity index (χ0) is 13.1. The van der Waals surface area contributed by atoms with Crippen LogP contribution in [0.2, 0.25) is 0 Å². The number of carbonyl (C=O) groups is 3. The van der Waals surface area contributed by atoms with Crippen LogP contribution in [0.4, 0.5) is 0 Å². The molecule has 0 saturated carbocycles. The minimum atomic E-state index is -0.0225. The molecule has 0 radical (unpaired) electrons. The molecule has 0 bridgehead atoms. The van der Waals surface area contributed by atoms with Crippen molar-refractivity contribution in [2.75, 3.05) is 39.4 Å². The zero-order valence-electron chi connectivity index (χ0n) is 10.4. The molecular formula is C11H20N2O4. The first kappa shape index (κ1) is 15.7. The average molecular weight is 244 g/mol. The van der Waals surface area contributed by atoms with Crippen LogP contribution in [0.5, 0.6) is 0 Å². The first-order chi connectivity index (χ1) is 8.06.